The van der Waals surface area contributed by atoms with Crippen LogP contribution in [0.15, 0.2) is 48.5 Å². The van der Waals surface area contributed by atoms with E-state index in [1.54, 1.807) is 0 Å². The summed E-state index contributed by atoms with van der Waals surface area (Å²) >= 11 is 1.45. The minimum atomic E-state index is 0.0706. The maximum atomic E-state index is 7.70. The summed E-state index contributed by atoms with van der Waals surface area (Å²) in [6.45, 7) is 0. The van der Waals surface area contributed by atoms with Crippen LogP contribution in [-0.2, 0) is 0 Å². The average Bonchev–Trinajstić information content (AvgIpc) is 2.90. The number of hydrogen-bond donors (Lipinski definition) is 2. The molecule has 0 saturated heterocycles. The summed E-state index contributed by atoms with van der Waals surface area (Å²) in [5, 5.41) is 9.86. The van der Waals surface area contributed by atoms with Crippen LogP contribution >= 0.6 is 11.5 Å². The molecule has 1 aromatic heterocycles. The van der Waals surface area contributed by atoms with Gasteiger partial charge < -0.3 is 10.6 Å². The summed E-state index contributed by atoms with van der Waals surface area (Å²) < 4.78 is 4.45. The lowest BCUT2D eigenvalue weighted by Crippen LogP contribution is -2.17. The third-order valence-corrected chi connectivity index (χ3v) is 4.18. The van der Waals surface area contributed by atoms with Gasteiger partial charge >= 0.3 is 0 Å². The Bertz CT molecular complexity index is 778. The van der Waals surface area contributed by atoms with E-state index in [-0.39, 0.29) is 5.84 Å². The van der Waals surface area contributed by atoms with Gasteiger partial charge in [-0.2, -0.15) is 4.37 Å². The number of amidine groups is 1. The van der Waals surface area contributed by atoms with Crippen LogP contribution in [0.25, 0.3) is 10.9 Å². The molecule has 0 radical (unpaired) electrons. The maximum absolute atomic E-state index is 7.70. The van der Waals surface area contributed by atoms with E-state index in [0.717, 1.165) is 27.2 Å². The summed E-state index contributed by atoms with van der Waals surface area (Å²) in [6.07, 6.45) is 0. The lowest BCUT2D eigenvalue weighted by Gasteiger charge is -2.20. The topological polar surface area (TPSA) is 66.0 Å². The molecule has 4 nitrogen and oxygen atoms in total. The first-order valence-electron chi connectivity index (χ1n) is 6.20. The predicted octanol–water partition coefficient (Wildman–Crippen LogP) is 3.35. The molecule has 5 heteroatoms. The molecule has 0 unspecified atom stereocenters. The lowest BCUT2D eigenvalue weighted by atomic mass is 10.1. The monoisotopic (exact) mass is 282 g/mol. The van der Waals surface area contributed by atoms with Crippen LogP contribution < -0.4 is 10.6 Å². The molecule has 0 bridgehead atoms. The summed E-state index contributed by atoms with van der Waals surface area (Å²) in [5.74, 6) is 0.0706. The molecule has 100 valence electrons. The van der Waals surface area contributed by atoms with Gasteiger partial charge in [0.25, 0.3) is 0 Å². The van der Waals surface area contributed by atoms with Gasteiger partial charge in [-0.3, -0.25) is 5.41 Å². The van der Waals surface area contributed by atoms with Gasteiger partial charge in [-0.1, -0.05) is 24.3 Å². The molecular formula is C15H14N4S. The highest BCUT2D eigenvalue weighted by Crippen LogP contribution is 2.35. The number of nitrogen functional groups attached to an aromatic ring is 1. The molecule has 3 N–H and O–H groups in total. The van der Waals surface area contributed by atoms with Gasteiger partial charge in [-0.15, -0.1) is 0 Å². The third kappa shape index (κ3) is 2.02. The molecule has 0 amide bonds. The number of nitrogens with two attached hydrogens (primary N) is 1. The Hall–Kier alpha value is -2.40. The van der Waals surface area contributed by atoms with E-state index in [1.807, 2.05) is 54.4 Å². The van der Waals surface area contributed by atoms with Gasteiger partial charge in [0, 0.05) is 18.0 Å². The van der Waals surface area contributed by atoms with Gasteiger partial charge in [0.2, 0.25) is 0 Å². The third-order valence-electron chi connectivity index (χ3n) is 3.23. The maximum Gasteiger partial charge on any atom is 0.124 e. The Morgan fingerprint density at radius 2 is 1.85 bits per heavy atom. The summed E-state index contributed by atoms with van der Waals surface area (Å²) in [5.41, 5.74) is 8.29. The quantitative estimate of drug-likeness (QED) is 0.572. The molecule has 0 atom stereocenters. The minimum absolute atomic E-state index is 0.0706. The molecule has 0 saturated carbocycles. The zero-order valence-electron chi connectivity index (χ0n) is 11.0. The van der Waals surface area contributed by atoms with Crippen molar-refractivity contribution in [1.29, 1.82) is 5.41 Å². The summed E-state index contributed by atoms with van der Waals surface area (Å²) in [7, 11) is 1.97. The van der Waals surface area contributed by atoms with E-state index >= 15 is 0 Å². The van der Waals surface area contributed by atoms with Gasteiger partial charge in [0.1, 0.15) is 10.8 Å². The van der Waals surface area contributed by atoms with E-state index in [4.69, 9.17) is 11.1 Å². The Balaban J connectivity index is 2.13. The zero-order valence-corrected chi connectivity index (χ0v) is 11.8. The largest absolute Gasteiger partial charge is 0.384 e. The molecule has 0 spiro atoms. The van der Waals surface area contributed by atoms with Crippen molar-refractivity contribution in [1.82, 2.24) is 4.37 Å². The smallest absolute Gasteiger partial charge is 0.124 e. The fourth-order valence-corrected chi connectivity index (χ4v) is 3.06. The number of benzene rings is 2. The second-order valence-electron chi connectivity index (χ2n) is 4.49. The minimum Gasteiger partial charge on any atom is -0.384 e. The van der Waals surface area contributed by atoms with Gasteiger partial charge in [0.15, 0.2) is 0 Å². The van der Waals surface area contributed by atoms with Crippen LogP contribution in [0.2, 0.25) is 0 Å². The van der Waals surface area contributed by atoms with Crippen LogP contribution in [0.1, 0.15) is 5.56 Å². The van der Waals surface area contributed by atoms with E-state index < -0.39 is 0 Å². The zero-order chi connectivity index (χ0) is 14.1. The van der Waals surface area contributed by atoms with Gasteiger partial charge in [-0.25, -0.2) is 0 Å². The standard InChI is InChI=1S/C15H14N4S/c1-19(13-9-5-3-7-11(13)14(16)17)15-10-6-2-4-8-12(10)18-20-15/h2-9H,1H3,(H3,16,17). The van der Waals surface area contributed by atoms with Crippen LogP contribution in [0.4, 0.5) is 10.7 Å². The fraction of sp³-hybridized carbons (Fsp3) is 0.0667. The number of hydrogen-bond acceptors (Lipinski definition) is 4. The van der Waals surface area contributed by atoms with Crippen molar-refractivity contribution in [3.05, 3.63) is 54.1 Å². The molecule has 0 aliphatic rings. The second-order valence-corrected chi connectivity index (χ2v) is 5.25. The van der Waals surface area contributed by atoms with Crippen molar-refractivity contribution < 1.29 is 0 Å². The number of para-hydroxylation sites is 1. The average molecular weight is 282 g/mol. The van der Waals surface area contributed by atoms with Crippen molar-refractivity contribution in [2.75, 3.05) is 11.9 Å². The first kappa shape index (κ1) is 12.6. The predicted molar refractivity (Wildman–Crippen MR) is 85.1 cm³/mol. The first-order valence-corrected chi connectivity index (χ1v) is 6.97. The summed E-state index contributed by atoms with van der Waals surface area (Å²) in [6, 6.07) is 15.7. The van der Waals surface area contributed by atoms with Crippen molar-refractivity contribution >= 4 is 39.0 Å². The first-order chi connectivity index (χ1) is 9.68. The van der Waals surface area contributed by atoms with Crippen LogP contribution in [0, 0.1) is 5.41 Å². The normalized spacial score (nSPS) is 10.7. The molecular weight excluding hydrogens is 268 g/mol. The van der Waals surface area contributed by atoms with Crippen molar-refractivity contribution in [2.45, 2.75) is 0 Å². The molecule has 20 heavy (non-hydrogen) atoms. The number of fused-ring (bicyclic) bond motifs is 1. The molecule has 2 aromatic carbocycles. The SMILES string of the molecule is CN(c1ccccc1C(=N)N)c1snc2ccccc12. The number of anilines is 2. The van der Waals surface area contributed by atoms with Crippen LogP contribution in [0.3, 0.4) is 0 Å². The highest BCUT2D eigenvalue weighted by Gasteiger charge is 2.15. The lowest BCUT2D eigenvalue weighted by molar-refractivity contribution is 1.23. The Morgan fingerprint density at radius 3 is 2.65 bits per heavy atom. The highest BCUT2D eigenvalue weighted by atomic mass is 32.1. The second kappa shape index (κ2) is 4.94. The fourth-order valence-electron chi connectivity index (χ4n) is 2.22. The number of rotatable bonds is 3. The van der Waals surface area contributed by atoms with Crippen molar-refractivity contribution in [3.63, 3.8) is 0 Å². The van der Waals surface area contributed by atoms with Crippen LogP contribution in [-0.4, -0.2) is 17.3 Å². The molecule has 0 fully saturated rings. The van der Waals surface area contributed by atoms with E-state index in [9.17, 15) is 0 Å². The van der Waals surface area contributed by atoms with Gasteiger partial charge in [0.05, 0.1) is 11.2 Å². The Kier molecular flexibility index (Phi) is 3.12. The number of nitrogens with zero attached hydrogens (tertiary/aromatic N) is 2. The summed E-state index contributed by atoms with van der Waals surface area (Å²) in [4.78, 5) is 2.04. The van der Waals surface area contributed by atoms with E-state index in [1.165, 1.54) is 11.5 Å². The van der Waals surface area contributed by atoms with Gasteiger partial charge in [-0.05, 0) is 35.8 Å². The highest BCUT2D eigenvalue weighted by molar-refractivity contribution is 7.12. The Morgan fingerprint density at radius 1 is 1.15 bits per heavy atom. The van der Waals surface area contributed by atoms with Crippen molar-refractivity contribution in [2.24, 2.45) is 5.73 Å². The Labute approximate surface area is 121 Å². The molecule has 0 aliphatic carbocycles. The number of nitrogens with one attached hydrogen (secondary N) is 1. The molecule has 0 aliphatic heterocycles. The van der Waals surface area contributed by atoms with Crippen molar-refractivity contribution in [3.8, 4) is 0 Å². The van der Waals surface area contributed by atoms with Crippen LogP contribution in [0.5, 0.6) is 0 Å². The van der Waals surface area contributed by atoms with E-state index in [0.29, 0.717) is 0 Å². The molecule has 3 aromatic rings. The van der Waals surface area contributed by atoms with E-state index in [2.05, 4.69) is 10.4 Å². The molecule has 1 heterocycles. The number of aromatic nitrogens is 1. The molecule has 3 rings (SSSR count).